The fourth-order valence-electron chi connectivity index (χ4n) is 5.16. The van der Waals surface area contributed by atoms with Crippen LogP contribution in [0.15, 0.2) is 66.7 Å². The van der Waals surface area contributed by atoms with Crippen LogP contribution in [0.25, 0.3) is 21.7 Å². The number of para-hydroxylation sites is 1. The summed E-state index contributed by atoms with van der Waals surface area (Å²) in [5, 5.41) is 3.34. The maximum atomic E-state index is 13.4. The van der Waals surface area contributed by atoms with E-state index in [0.717, 1.165) is 28.4 Å². The Morgan fingerprint density at radius 3 is 2.61 bits per heavy atom. The molecule has 3 heterocycles. The number of H-pyrrole nitrogens is 1. The third-order valence-electron chi connectivity index (χ3n) is 6.73. The minimum absolute atomic E-state index is 0.0273. The first-order valence-corrected chi connectivity index (χ1v) is 10.8. The molecule has 3 aromatic carbocycles. The smallest absolute Gasteiger partial charge is 0.228 e. The van der Waals surface area contributed by atoms with E-state index in [4.69, 9.17) is 0 Å². The highest BCUT2D eigenvalue weighted by Gasteiger charge is 2.38. The lowest BCUT2D eigenvalue weighted by molar-refractivity contribution is -0.136. The van der Waals surface area contributed by atoms with Gasteiger partial charge in [-0.05, 0) is 17.5 Å². The lowest BCUT2D eigenvalue weighted by Gasteiger charge is -2.29. The summed E-state index contributed by atoms with van der Waals surface area (Å²) in [6.07, 6.45) is 1.10. The number of anilines is 1. The van der Waals surface area contributed by atoms with Crippen LogP contribution in [0.5, 0.6) is 0 Å². The van der Waals surface area contributed by atoms with E-state index in [1.54, 1.807) is 4.90 Å². The van der Waals surface area contributed by atoms with E-state index in [2.05, 4.69) is 29.2 Å². The summed E-state index contributed by atoms with van der Waals surface area (Å²) in [6, 6.07) is 22.3. The number of hydrogen-bond acceptors (Lipinski definition) is 2. The summed E-state index contributed by atoms with van der Waals surface area (Å²) in [5.41, 5.74) is 4.46. The van der Waals surface area contributed by atoms with Gasteiger partial charge in [0.2, 0.25) is 11.8 Å². The van der Waals surface area contributed by atoms with Gasteiger partial charge in [0.25, 0.3) is 0 Å². The van der Waals surface area contributed by atoms with Gasteiger partial charge in [0, 0.05) is 60.0 Å². The molecule has 5 nitrogen and oxygen atoms in total. The van der Waals surface area contributed by atoms with Crippen molar-refractivity contribution in [3.05, 3.63) is 78.0 Å². The number of amides is 2. The lowest BCUT2D eigenvalue weighted by atomic mass is 10.0. The Labute approximate surface area is 180 Å². The van der Waals surface area contributed by atoms with Crippen LogP contribution in [0, 0.1) is 5.92 Å². The van der Waals surface area contributed by atoms with E-state index < -0.39 is 0 Å². The number of aromatic amines is 1. The van der Waals surface area contributed by atoms with E-state index in [0.29, 0.717) is 19.6 Å². The Morgan fingerprint density at radius 2 is 1.71 bits per heavy atom. The molecule has 1 aromatic heterocycles. The first-order valence-electron chi connectivity index (χ1n) is 10.8. The highest BCUT2D eigenvalue weighted by atomic mass is 16.2. The molecule has 6 rings (SSSR count). The van der Waals surface area contributed by atoms with Crippen molar-refractivity contribution in [3.63, 3.8) is 0 Å². The molecule has 5 heteroatoms. The van der Waals surface area contributed by atoms with Gasteiger partial charge in [-0.1, -0.05) is 54.6 Å². The van der Waals surface area contributed by atoms with Gasteiger partial charge in [0.15, 0.2) is 0 Å². The van der Waals surface area contributed by atoms with Crippen LogP contribution >= 0.6 is 0 Å². The van der Waals surface area contributed by atoms with Gasteiger partial charge in [0.05, 0.1) is 11.6 Å². The Hall–Kier alpha value is -3.60. The third kappa shape index (κ3) is 2.92. The van der Waals surface area contributed by atoms with Crippen LogP contribution < -0.4 is 4.90 Å². The quantitative estimate of drug-likeness (QED) is 0.538. The van der Waals surface area contributed by atoms with Crippen LogP contribution in [-0.2, 0) is 22.6 Å². The van der Waals surface area contributed by atoms with E-state index in [1.807, 2.05) is 47.4 Å². The average Bonchev–Trinajstić information content (AvgIpc) is 3.38. The fourth-order valence-corrected chi connectivity index (χ4v) is 5.16. The molecule has 2 amide bonds. The number of carbonyl (C=O) groups is 2. The van der Waals surface area contributed by atoms with Crippen LogP contribution in [0.1, 0.15) is 17.7 Å². The summed E-state index contributed by atoms with van der Waals surface area (Å²) < 4.78 is 0. The maximum Gasteiger partial charge on any atom is 0.228 e. The molecule has 1 unspecified atom stereocenters. The predicted octanol–water partition coefficient (Wildman–Crippen LogP) is 4.26. The van der Waals surface area contributed by atoms with Crippen molar-refractivity contribution in [2.45, 2.75) is 19.4 Å². The molecule has 2 aliphatic heterocycles. The monoisotopic (exact) mass is 409 g/mol. The number of benzene rings is 3. The SMILES string of the molecule is O=C(C1CC(=O)N(c2cccc3ccccc23)C1)N1CCc2[nH]c3ccccc3c2C1. The van der Waals surface area contributed by atoms with Gasteiger partial charge in [-0.2, -0.15) is 0 Å². The summed E-state index contributed by atoms with van der Waals surface area (Å²) in [7, 11) is 0. The molecule has 1 fully saturated rings. The number of carbonyl (C=O) groups excluding carboxylic acids is 2. The molecule has 0 bridgehead atoms. The molecular formula is C26H23N3O2. The lowest BCUT2D eigenvalue weighted by Crippen LogP contribution is -2.40. The topological polar surface area (TPSA) is 56.4 Å². The Morgan fingerprint density at radius 1 is 0.935 bits per heavy atom. The summed E-state index contributed by atoms with van der Waals surface area (Å²) in [4.78, 5) is 33.5. The molecule has 4 aromatic rings. The second-order valence-electron chi connectivity index (χ2n) is 8.54. The van der Waals surface area contributed by atoms with Gasteiger partial charge in [-0.15, -0.1) is 0 Å². The zero-order chi connectivity index (χ0) is 20.9. The number of fused-ring (bicyclic) bond motifs is 4. The minimum Gasteiger partial charge on any atom is -0.358 e. The molecule has 0 radical (unpaired) electrons. The Balaban J connectivity index is 1.25. The van der Waals surface area contributed by atoms with Crippen molar-refractivity contribution in [3.8, 4) is 0 Å². The van der Waals surface area contributed by atoms with Crippen LogP contribution in [0.2, 0.25) is 0 Å². The predicted molar refractivity (Wildman–Crippen MR) is 122 cm³/mol. The van der Waals surface area contributed by atoms with Crippen molar-refractivity contribution in [1.82, 2.24) is 9.88 Å². The van der Waals surface area contributed by atoms with Crippen LogP contribution in [0.4, 0.5) is 5.69 Å². The molecule has 0 spiro atoms. The molecule has 1 atom stereocenters. The zero-order valence-corrected chi connectivity index (χ0v) is 17.2. The summed E-state index contributed by atoms with van der Waals surface area (Å²) >= 11 is 0. The zero-order valence-electron chi connectivity index (χ0n) is 17.2. The third-order valence-corrected chi connectivity index (χ3v) is 6.73. The Kier molecular flexibility index (Phi) is 4.10. The minimum atomic E-state index is -0.293. The van der Waals surface area contributed by atoms with Gasteiger partial charge in [-0.25, -0.2) is 0 Å². The normalized spacial score (nSPS) is 18.7. The second-order valence-corrected chi connectivity index (χ2v) is 8.54. The van der Waals surface area contributed by atoms with E-state index >= 15 is 0 Å². The molecule has 0 saturated carbocycles. The average molecular weight is 409 g/mol. The molecule has 1 N–H and O–H groups in total. The summed E-state index contributed by atoms with van der Waals surface area (Å²) in [6.45, 7) is 1.75. The number of nitrogens with zero attached hydrogens (tertiary/aromatic N) is 2. The van der Waals surface area contributed by atoms with Gasteiger partial charge in [-0.3, -0.25) is 9.59 Å². The number of aromatic nitrogens is 1. The van der Waals surface area contributed by atoms with Crippen molar-refractivity contribution < 1.29 is 9.59 Å². The second kappa shape index (κ2) is 6.98. The maximum absolute atomic E-state index is 13.4. The van der Waals surface area contributed by atoms with Gasteiger partial charge in [0.1, 0.15) is 0 Å². The molecule has 0 aliphatic carbocycles. The first-order chi connectivity index (χ1) is 15.2. The molecule has 31 heavy (non-hydrogen) atoms. The first kappa shape index (κ1) is 18.2. The van der Waals surface area contributed by atoms with Crippen molar-refractivity contribution >= 4 is 39.2 Å². The Bertz CT molecular complexity index is 1330. The largest absolute Gasteiger partial charge is 0.358 e. The van der Waals surface area contributed by atoms with Crippen molar-refractivity contribution in [2.75, 3.05) is 18.0 Å². The summed E-state index contributed by atoms with van der Waals surface area (Å²) in [5.74, 6) is -0.176. The number of nitrogens with one attached hydrogen (secondary N) is 1. The van der Waals surface area contributed by atoms with Crippen LogP contribution in [0.3, 0.4) is 0 Å². The standard InChI is InChI=1S/C26H23N3O2/c30-25-14-18(15-29(25)24-11-5-7-17-6-1-2-8-19(17)24)26(31)28-13-12-23-21(16-28)20-9-3-4-10-22(20)27-23/h1-11,18,27H,12-16H2. The fraction of sp³-hybridized carbons (Fsp3) is 0.231. The molecule has 154 valence electrons. The van der Waals surface area contributed by atoms with Crippen molar-refractivity contribution in [2.24, 2.45) is 5.92 Å². The van der Waals surface area contributed by atoms with E-state index in [-0.39, 0.29) is 24.2 Å². The highest BCUT2D eigenvalue weighted by molar-refractivity contribution is 6.07. The molecular weight excluding hydrogens is 386 g/mol. The van der Waals surface area contributed by atoms with Gasteiger partial charge >= 0.3 is 0 Å². The molecule has 2 aliphatic rings. The highest BCUT2D eigenvalue weighted by Crippen LogP contribution is 2.34. The number of hydrogen-bond donors (Lipinski definition) is 1. The van der Waals surface area contributed by atoms with Crippen molar-refractivity contribution in [1.29, 1.82) is 0 Å². The van der Waals surface area contributed by atoms with Crippen LogP contribution in [-0.4, -0.2) is 34.8 Å². The van der Waals surface area contributed by atoms with E-state index in [1.165, 1.54) is 16.6 Å². The molecule has 1 saturated heterocycles. The van der Waals surface area contributed by atoms with Gasteiger partial charge < -0.3 is 14.8 Å². The number of rotatable bonds is 2. The van der Waals surface area contributed by atoms with E-state index in [9.17, 15) is 9.59 Å².